The van der Waals surface area contributed by atoms with Gasteiger partial charge >= 0.3 is 0 Å². The fraction of sp³-hybridized carbons (Fsp3) is 0.500. The minimum atomic E-state index is -0.246. The summed E-state index contributed by atoms with van der Waals surface area (Å²) >= 11 is 0. The molecule has 0 aromatic heterocycles. The van der Waals surface area contributed by atoms with Gasteiger partial charge < -0.3 is 20.1 Å². The molecule has 0 saturated carbocycles. The van der Waals surface area contributed by atoms with Crippen LogP contribution in [0.15, 0.2) is 42.5 Å². The highest BCUT2D eigenvalue weighted by Crippen LogP contribution is 2.29. The fourth-order valence-corrected chi connectivity index (χ4v) is 3.29. The Kier molecular flexibility index (Phi) is 11.2. The minimum absolute atomic E-state index is 0.246. The third-order valence-electron chi connectivity index (χ3n) is 5.01. The molecule has 0 heterocycles. The summed E-state index contributed by atoms with van der Waals surface area (Å²) in [7, 11) is 3.08. The molecule has 0 amide bonds. The average Bonchev–Trinajstić information content (AvgIpc) is 2.75. The van der Waals surface area contributed by atoms with Crippen LogP contribution >= 0.6 is 0 Å². The molecule has 0 radical (unpaired) electrons. The fourth-order valence-electron chi connectivity index (χ4n) is 3.29. The molecule has 4 nitrogen and oxygen atoms in total. The zero-order valence-electron chi connectivity index (χ0n) is 17.8. The van der Waals surface area contributed by atoms with Gasteiger partial charge in [-0.3, -0.25) is 0 Å². The van der Waals surface area contributed by atoms with E-state index in [-0.39, 0.29) is 5.82 Å². The van der Waals surface area contributed by atoms with Crippen LogP contribution in [0.2, 0.25) is 0 Å². The number of rotatable bonds is 15. The van der Waals surface area contributed by atoms with Crippen LogP contribution in [0.1, 0.15) is 36.8 Å². The Morgan fingerprint density at radius 2 is 1.31 bits per heavy atom. The lowest BCUT2D eigenvalue weighted by Gasteiger charge is -2.11. The molecule has 0 aliphatic rings. The number of hydrogen-bond donors (Lipinski definition) is 2. The predicted molar refractivity (Wildman–Crippen MR) is 118 cm³/mol. The Bertz CT molecular complexity index is 695. The first-order valence-electron chi connectivity index (χ1n) is 10.6. The lowest BCUT2D eigenvalue weighted by Crippen LogP contribution is -2.19. The first-order valence-corrected chi connectivity index (χ1v) is 10.6. The summed E-state index contributed by atoms with van der Waals surface area (Å²) < 4.78 is 24.4. The molecular weight excluding hydrogens is 367 g/mol. The summed E-state index contributed by atoms with van der Waals surface area (Å²) in [5.41, 5.74) is 2.04. The Morgan fingerprint density at radius 3 is 1.93 bits per heavy atom. The van der Waals surface area contributed by atoms with Crippen molar-refractivity contribution in [2.24, 2.45) is 0 Å². The number of nitrogens with one attached hydrogen (secondary N) is 2. The zero-order chi connectivity index (χ0) is 20.7. The molecule has 0 fully saturated rings. The van der Waals surface area contributed by atoms with Crippen LogP contribution in [0.4, 0.5) is 4.39 Å². The van der Waals surface area contributed by atoms with Gasteiger partial charge in [-0.2, -0.15) is 0 Å². The Balaban J connectivity index is 1.45. The predicted octanol–water partition coefficient (Wildman–Crippen LogP) is 4.37. The molecule has 160 valence electrons. The van der Waals surface area contributed by atoms with Crippen molar-refractivity contribution < 1.29 is 13.9 Å². The van der Waals surface area contributed by atoms with Crippen molar-refractivity contribution in [2.75, 3.05) is 40.4 Å². The topological polar surface area (TPSA) is 42.5 Å². The van der Waals surface area contributed by atoms with Gasteiger partial charge in [-0.05, 0) is 69.1 Å². The van der Waals surface area contributed by atoms with Gasteiger partial charge in [0.1, 0.15) is 5.82 Å². The maximum Gasteiger partial charge on any atom is 0.163 e. The molecule has 0 aliphatic carbocycles. The molecule has 29 heavy (non-hydrogen) atoms. The SMILES string of the molecule is COc1cc(F)c(CCNCCCCCCNCCc2ccccc2)cc1OC. The molecular formula is C24H35FN2O2. The van der Waals surface area contributed by atoms with Gasteiger partial charge in [0.05, 0.1) is 14.2 Å². The highest BCUT2D eigenvalue weighted by molar-refractivity contribution is 5.43. The number of benzene rings is 2. The van der Waals surface area contributed by atoms with E-state index in [1.807, 2.05) is 0 Å². The summed E-state index contributed by atoms with van der Waals surface area (Å²) in [4.78, 5) is 0. The Hall–Kier alpha value is -2.11. The van der Waals surface area contributed by atoms with E-state index in [9.17, 15) is 4.39 Å². The molecule has 0 aliphatic heterocycles. The second kappa shape index (κ2) is 14.0. The number of methoxy groups -OCH3 is 2. The molecule has 0 atom stereocenters. The summed E-state index contributed by atoms with van der Waals surface area (Å²) in [6.07, 6.45) is 6.55. The first-order chi connectivity index (χ1) is 14.2. The highest BCUT2D eigenvalue weighted by Gasteiger charge is 2.10. The summed E-state index contributed by atoms with van der Waals surface area (Å²) in [6.45, 7) is 3.85. The van der Waals surface area contributed by atoms with Crippen molar-refractivity contribution in [1.82, 2.24) is 10.6 Å². The molecule has 5 heteroatoms. The van der Waals surface area contributed by atoms with Gasteiger partial charge in [-0.25, -0.2) is 4.39 Å². The maximum atomic E-state index is 14.1. The van der Waals surface area contributed by atoms with Gasteiger partial charge in [0.2, 0.25) is 0 Å². The first kappa shape index (κ1) is 23.2. The van der Waals surface area contributed by atoms with Crippen LogP contribution in [-0.4, -0.2) is 40.4 Å². The summed E-state index contributed by atoms with van der Waals surface area (Å²) in [5.74, 6) is 0.752. The zero-order valence-corrected chi connectivity index (χ0v) is 17.8. The van der Waals surface area contributed by atoms with Gasteiger partial charge in [0.15, 0.2) is 11.5 Å². The van der Waals surface area contributed by atoms with E-state index < -0.39 is 0 Å². The number of ether oxygens (including phenoxy) is 2. The van der Waals surface area contributed by atoms with Crippen molar-refractivity contribution in [2.45, 2.75) is 38.5 Å². The van der Waals surface area contributed by atoms with E-state index in [1.54, 1.807) is 13.2 Å². The molecule has 2 aromatic carbocycles. The number of hydrogen-bond acceptors (Lipinski definition) is 4. The Labute approximate surface area is 174 Å². The van der Waals surface area contributed by atoms with Crippen LogP contribution < -0.4 is 20.1 Å². The average molecular weight is 403 g/mol. The van der Waals surface area contributed by atoms with Crippen LogP contribution in [0.5, 0.6) is 11.5 Å². The van der Waals surface area contributed by atoms with E-state index in [0.29, 0.717) is 23.5 Å². The van der Waals surface area contributed by atoms with E-state index in [2.05, 4.69) is 41.0 Å². The minimum Gasteiger partial charge on any atom is -0.493 e. The van der Waals surface area contributed by atoms with Gasteiger partial charge in [0, 0.05) is 6.07 Å². The smallest absolute Gasteiger partial charge is 0.163 e. The molecule has 0 unspecified atom stereocenters. The van der Waals surface area contributed by atoms with E-state index in [1.165, 1.54) is 38.0 Å². The van der Waals surface area contributed by atoms with Crippen LogP contribution in [0.25, 0.3) is 0 Å². The van der Waals surface area contributed by atoms with Crippen LogP contribution in [0, 0.1) is 5.82 Å². The third kappa shape index (κ3) is 8.84. The molecule has 0 bridgehead atoms. The van der Waals surface area contributed by atoms with Gasteiger partial charge in [0.25, 0.3) is 0 Å². The monoisotopic (exact) mass is 402 g/mol. The van der Waals surface area contributed by atoms with Gasteiger partial charge in [-0.15, -0.1) is 0 Å². The maximum absolute atomic E-state index is 14.1. The normalized spacial score (nSPS) is 10.9. The van der Waals surface area contributed by atoms with Crippen molar-refractivity contribution in [3.63, 3.8) is 0 Å². The van der Waals surface area contributed by atoms with E-state index >= 15 is 0 Å². The molecule has 2 aromatic rings. The van der Waals surface area contributed by atoms with E-state index in [0.717, 1.165) is 39.0 Å². The lowest BCUT2D eigenvalue weighted by molar-refractivity contribution is 0.351. The second-order valence-corrected chi connectivity index (χ2v) is 7.20. The lowest BCUT2D eigenvalue weighted by atomic mass is 10.1. The quantitative estimate of drug-likeness (QED) is 0.434. The molecule has 0 spiro atoms. The van der Waals surface area contributed by atoms with Crippen molar-refractivity contribution in [1.29, 1.82) is 0 Å². The highest BCUT2D eigenvalue weighted by atomic mass is 19.1. The van der Waals surface area contributed by atoms with Crippen LogP contribution in [-0.2, 0) is 12.8 Å². The largest absolute Gasteiger partial charge is 0.493 e. The number of unbranched alkanes of at least 4 members (excludes halogenated alkanes) is 3. The summed E-state index contributed by atoms with van der Waals surface area (Å²) in [6, 6.07) is 13.7. The molecule has 2 rings (SSSR count). The molecule has 0 saturated heterocycles. The third-order valence-corrected chi connectivity index (χ3v) is 5.01. The van der Waals surface area contributed by atoms with Gasteiger partial charge in [-0.1, -0.05) is 43.2 Å². The van der Waals surface area contributed by atoms with Crippen molar-refractivity contribution in [3.05, 3.63) is 59.4 Å². The van der Waals surface area contributed by atoms with Crippen molar-refractivity contribution >= 4 is 0 Å². The standard InChI is InChI=1S/C24H35FN2O2/c1-28-23-18-21(22(25)19-24(23)29-2)13-17-27-15-9-4-3-8-14-26-16-12-20-10-6-5-7-11-20/h5-7,10-11,18-19,26-27H,3-4,8-9,12-17H2,1-2H3. The van der Waals surface area contributed by atoms with E-state index in [4.69, 9.17) is 9.47 Å². The number of halogens is 1. The van der Waals surface area contributed by atoms with Crippen LogP contribution in [0.3, 0.4) is 0 Å². The van der Waals surface area contributed by atoms with Crippen molar-refractivity contribution in [3.8, 4) is 11.5 Å². The summed E-state index contributed by atoms with van der Waals surface area (Å²) in [5, 5.41) is 6.92. The molecule has 2 N–H and O–H groups in total. The second-order valence-electron chi connectivity index (χ2n) is 7.20. The Morgan fingerprint density at radius 1 is 0.724 bits per heavy atom.